The SMILES string of the molecule is NCCc1ccc(N2CCS(=O)(=O)CC2)cc1Br. The fourth-order valence-electron chi connectivity index (χ4n) is 2.06. The number of rotatable bonds is 3. The van der Waals surface area contributed by atoms with Crippen molar-refractivity contribution < 1.29 is 8.42 Å². The second kappa shape index (κ2) is 5.59. The van der Waals surface area contributed by atoms with Crippen molar-refractivity contribution in [1.29, 1.82) is 0 Å². The summed E-state index contributed by atoms with van der Waals surface area (Å²) in [5, 5.41) is 0. The third kappa shape index (κ3) is 3.24. The molecule has 0 bridgehead atoms. The number of hydrogen-bond donors (Lipinski definition) is 1. The van der Waals surface area contributed by atoms with Gasteiger partial charge in [-0.15, -0.1) is 0 Å². The number of benzene rings is 1. The quantitative estimate of drug-likeness (QED) is 0.902. The molecule has 0 radical (unpaired) electrons. The van der Waals surface area contributed by atoms with Gasteiger partial charge in [0.15, 0.2) is 9.84 Å². The van der Waals surface area contributed by atoms with E-state index < -0.39 is 9.84 Å². The summed E-state index contributed by atoms with van der Waals surface area (Å²) in [6.45, 7) is 1.77. The van der Waals surface area contributed by atoms with Crippen LogP contribution in [0, 0.1) is 0 Å². The molecule has 1 aromatic carbocycles. The number of sulfone groups is 1. The minimum Gasteiger partial charge on any atom is -0.369 e. The van der Waals surface area contributed by atoms with Crippen LogP contribution in [-0.2, 0) is 16.3 Å². The Morgan fingerprint density at radius 3 is 2.50 bits per heavy atom. The van der Waals surface area contributed by atoms with Crippen LogP contribution in [0.1, 0.15) is 5.56 Å². The average Bonchev–Trinajstić information content (AvgIpc) is 2.32. The Kier molecular flexibility index (Phi) is 4.29. The van der Waals surface area contributed by atoms with Crippen LogP contribution < -0.4 is 10.6 Å². The Hall–Kier alpha value is -0.590. The van der Waals surface area contributed by atoms with E-state index in [2.05, 4.69) is 26.9 Å². The molecule has 1 aromatic rings. The first kappa shape index (κ1) is 13.8. The molecule has 1 aliphatic rings. The van der Waals surface area contributed by atoms with E-state index in [1.807, 2.05) is 12.1 Å². The fraction of sp³-hybridized carbons (Fsp3) is 0.500. The maximum Gasteiger partial charge on any atom is 0.153 e. The highest BCUT2D eigenvalue weighted by molar-refractivity contribution is 9.10. The Balaban J connectivity index is 2.13. The standard InChI is InChI=1S/C12H17BrN2O2S/c13-12-9-11(2-1-10(12)3-4-14)15-5-7-18(16,17)8-6-15/h1-2,9H,3-8,14H2. The summed E-state index contributed by atoms with van der Waals surface area (Å²) in [5.41, 5.74) is 7.80. The van der Waals surface area contributed by atoms with Gasteiger partial charge >= 0.3 is 0 Å². The van der Waals surface area contributed by atoms with E-state index in [-0.39, 0.29) is 11.5 Å². The van der Waals surface area contributed by atoms with Gasteiger partial charge in [-0.05, 0) is 30.7 Å². The van der Waals surface area contributed by atoms with Gasteiger partial charge < -0.3 is 10.6 Å². The van der Waals surface area contributed by atoms with Crippen LogP contribution >= 0.6 is 15.9 Å². The molecule has 1 heterocycles. The maximum atomic E-state index is 11.4. The molecule has 4 nitrogen and oxygen atoms in total. The highest BCUT2D eigenvalue weighted by atomic mass is 79.9. The zero-order chi connectivity index (χ0) is 13.2. The van der Waals surface area contributed by atoms with Crippen LogP contribution in [0.3, 0.4) is 0 Å². The number of halogens is 1. The van der Waals surface area contributed by atoms with Gasteiger partial charge in [0.2, 0.25) is 0 Å². The van der Waals surface area contributed by atoms with Crippen molar-refractivity contribution in [1.82, 2.24) is 0 Å². The van der Waals surface area contributed by atoms with Gasteiger partial charge in [-0.1, -0.05) is 22.0 Å². The summed E-state index contributed by atoms with van der Waals surface area (Å²) in [7, 11) is -2.82. The number of nitrogens with zero attached hydrogens (tertiary/aromatic N) is 1. The normalized spacial score (nSPS) is 18.9. The smallest absolute Gasteiger partial charge is 0.153 e. The van der Waals surface area contributed by atoms with Crippen molar-refractivity contribution in [2.24, 2.45) is 5.73 Å². The van der Waals surface area contributed by atoms with Crippen molar-refractivity contribution in [2.45, 2.75) is 6.42 Å². The van der Waals surface area contributed by atoms with E-state index in [4.69, 9.17) is 5.73 Å². The molecule has 2 rings (SSSR count). The molecule has 0 unspecified atom stereocenters. The maximum absolute atomic E-state index is 11.4. The van der Waals surface area contributed by atoms with Crippen molar-refractivity contribution in [3.8, 4) is 0 Å². The van der Waals surface area contributed by atoms with E-state index in [0.29, 0.717) is 19.6 Å². The molecular weight excluding hydrogens is 316 g/mol. The van der Waals surface area contributed by atoms with E-state index in [0.717, 1.165) is 16.6 Å². The molecule has 0 aliphatic carbocycles. The summed E-state index contributed by atoms with van der Waals surface area (Å²) < 4.78 is 23.8. The van der Waals surface area contributed by atoms with Crippen molar-refractivity contribution in [2.75, 3.05) is 36.0 Å². The fourth-order valence-corrected chi connectivity index (χ4v) is 3.83. The summed E-state index contributed by atoms with van der Waals surface area (Å²) in [6.07, 6.45) is 0.843. The zero-order valence-electron chi connectivity index (χ0n) is 10.1. The lowest BCUT2D eigenvalue weighted by Crippen LogP contribution is -2.40. The highest BCUT2D eigenvalue weighted by Gasteiger charge is 2.21. The number of anilines is 1. The lowest BCUT2D eigenvalue weighted by atomic mass is 10.1. The average molecular weight is 333 g/mol. The Morgan fingerprint density at radius 1 is 1.28 bits per heavy atom. The van der Waals surface area contributed by atoms with Crippen molar-refractivity contribution in [3.63, 3.8) is 0 Å². The van der Waals surface area contributed by atoms with E-state index >= 15 is 0 Å². The molecule has 6 heteroatoms. The van der Waals surface area contributed by atoms with E-state index in [1.54, 1.807) is 0 Å². The lowest BCUT2D eigenvalue weighted by Gasteiger charge is -2.29. The molecule has 1 fully saturated rings. The number of nitrogens with two attached hydrogens (primary N) is 1. The topological polar surface area (TPSA) is 63.4 Å². The molecule has 0 amide bonds. The van der Waals surface area contributed by atoms with E-state index in [1.165, 1.54) is 5.56 Å². The summed E-state index contributed by atoms with van der Waals surface area (Å²) in [4.78, 5) is 2.11. The Bertz CT molecular complexity index is 517. The van der Waals surface area contributed by atoms with Crippen LogP contribution in [-0.4, -0.2) is 39.6 Å². The van der Waals surface area contributed by atoms with Gasteiger partial charge in [0.1, 0.15) is 0 Å². The van der Waals surface area contributed by atoms with Crippen LogP contribution in [0.4, 0.5) is 5.69 Å². The van der Waals surface area contributed by atoms with Crippen LogP contribution in [0.5, 0.6) is 0 Å². The van der Waals surface area contributed by atoms with Gasteiger partial charge in [-0.3, -0.25) is 0 Å². The summed E-state index contributed by atoms with van der Waals surface area (Å²) in [5.74, 6) is 0.490. The molecule has 1 saturated heterocycles. The first-order chi connectivity index (χ1) is 8.52. The molecule has 0 aromatic heterocycles. The molecule has 18 heavy (non-hydrogen) atoms. The van der Waals surface area contributed by atoms with Gasteiger partial charge in [0.25, 0.3) is 0 Å². The molecule has 100 valence electrons. The van der Waals surface area contributed by atoms with Crippen LogP contribution in [0.25, 0.3) is 0 Å². The van der Waals surface area contributed by atoms with Crippen LogP contribution in [0.15, 0.2) is 22.7 Å². The zero-order valence-corrected chi connectivity index (χ0v) is 12.5. The van der Waals surface area contributed by atoms with Gasteiger partial charge in [-0.25, -0.2) is 8.42 Å². The highest BCUT2D eigenvalue weighted by Crippen LogP contribution is 2.25. The first-order valence-electron chi connectivity index (χ1n) is 5.96. The first-order valence-corrected chi connectivity index (χ1v) is 8.57. The summed E-state index contributed by atoms with van der Waals surface area (Å²) in [6, 6.07) is 6.13. The second-order valence-electron chi connectivity index (χ2n) is 4.45. The summed E-state index contributed by atoms with van der Waals surface area (Å²) >= 11 is 3.54. The third-order valence-corrected chi connectivity index (χ3v) is 5.51. The largest absolute Gasteiger partial charge is 0.369 e. The second-order valence-corrected chi connectivity index (χ2v) is 7.61. The predicted molar refractivity (Wildman–Crippen MR) is 77.8 cm³/mol. The van der Waals surface area contributed by atoms with Gasteiger partial charge in [0, 0.05) is 23.2 Å². The van der Waals surface area contributed by atoms with Gasteiger partial charge in [0.05, 0.1) is 11.5 Å². The van der Waals surface area contributed by atoms with E-state index in [9.17, 15) is 8.42 Å². The molecule has 0 saturated carbocycles. The molecule has 0 spiro atoms. The third-order valence-electron chi connectivity index (χ3n) is 3.16. The molecule has 0 atom stereocenters. The Morgan fingerprint density at radius 2 is 1.94 bits per heavy atom. The van der Waals surface area contributed by atoms with Crippen molar-refractivity contribution >= 4 is 31.5 Å². The Labute approximate surface area is 116 Å². The molecule has 2 N–H and O–H groups in total. The number of hydrogen-bond acceptors (Lipinski definition) is 4. The lowest BCUT2D eigenvalue weighted by molar-refractivity contribution is 0.587. The minimum atomic E-state index is -2.82. The predicted octanol–water partition coefficient (Wildman–Crippen LogP) is 1.19. The minimum absolute atomic E-state index is 0.245. The van der Waals surface area contributed by atoms with Crippen LogP contribution in [0.2, 0.25) is 0 Å². The molecular formula is C12H17BrN2O2S. The van der Waals surface area contributed by atoms with Crippen molar-refractivity contribution in [3.05, 3.63) is 28.2 Å². The van der Waals surface area contributed by atoms with Gasteiger partial charge in [-0.2, -0.15) is 0 Å². The molecule has 1 aliphatic heterocycles. The monoisotopic (exact) mass is 332 g/mol.